The molecule has 1 N–H and O–H groups in total. The van der Waals surface area contributed by atoms with Crippen molar-refractivity contribution in [1.82, 2.24) is 9.55 Å². The molecule has 0 radical (unpaired) electrons. The number of carboxylic acid groups (broad SMARTS) is 1. The van der Waals surface area contributed by atoms with Gasteiger partial charge in [0.2, 0.25) is 5.95 Å². The zero-order chi connectivity index (χ0) is 11.4. The summed E-state index contributed by atoms with van der Waals surface area (Å²) in [6, 6.07) is 0. The van der Waals surface area contributed by atoms with Crippen LogP contribution in [0.1, 0.15) is 13.8 Å². The first-order chi connectivity index (χ1) is 7.00. The number of carbonyl (C=O) groups is 1. The molecule has 1 heterocycles. The number of carboxylic acids is 1. The Bertz CT molecular complexity index is 333. The first-order valence-electron chi connectivity index (χ1n) is 4.94. The van der Waals surface area contributed by atoms with E-state index >= 15 is 0 Å². The predicted octanol–water partition coefficient (Wildman–Crippen LogP) is 0.967. The normalized spacial score (nSPS) is 10.7. The molecule has 15 heavy (non-hydrogen) atoms. The monoisotopic (exact) mass is 211 g/mol. The molecule has 0 unspecified atom stereocenters. The van der Waals surface area contributed by atoms with Gasteiger partial charge in [-0.1, -0.05) is 13.8 Å². The van der Waals surface area contributed by atoms with Crippen molar-refractivity contribution in [2.24, 2.45) is 13.0 Å². The quantitative estimate of drug-likeness (QED) is 0.788. The molecule has 0 aromatic carbocycles. The Hall–Kier alpha value is -1.52. The summed E-state index contributed by atoms with van der Waals surface area (Å²) in [5, 5.41) is 8.81. The molecule has 1 aromatic heterocycles. The van der Waals surface area contributed by atoms with Crippen LogP contribution >= 0.6 is 0 Å². The maximum atomic E-state index is 10.7. The van der Waals surface area contributed by atoms with Crippen LogP contribution in [0.25, 0.3) is 0 Å². The number of aliphatic carboxylic acids is 1. The molecule has 0 aliphatic heterocycles. The highest BCUT2D eigenvalue weighted by Crippen LogP contribution is 2.11. The smallest absolute Gasteiger partial charge is 0.323 e. The Morgan fingerprint density at radius 3 is 2.73 bits per heavy atom. The third-order valence-corrected chi connectivity index (χ3v) is 1.99. The van der Waals surface area contributed by atoms with Crippen LogP contribution in [0.15, 0.2) is 12.4 Å². The van der Waals surface area contributed by atoms with E-state index in [-0.39, 0.29) is 6.54 Å². The van der Waals surface area contributed by atoms with Gasteiger partial charge in [-0.15, -0.1) is 0 Å². The molecule has 5 heteroatoms. The largest absolute Gasteiger partial charge is 0.480 e. The average molecular weight is 211 g/mol. The molecule has 0 saturated carbocycles. The average Bonchev–Trinajstić information content (AvgIpc) is 2.48. The molecular weight excluding hydrogens is 194 g/mol. The number of hydrogen-bond acceptors (Lipinski definition) is 3. The van der Waals surface area contributed by atoms with Gasteiger partial charge in [-0.3, -0.25) is 4.79 Å². The van der Waals surface area contributed by atoms with E-state index in [1.165, 1.54) is 0 Å². The van der Waals surface area contributed by atoms with Crippen molar-refractivity contribution in [2.75, 3.05) is 18.0 Å². The highest BCUT2D eigenvalue weighted by molar-refractivity contribution is 5.72. The van der Waals surface area contributed by atoms with Crippen LogP contribution in [0, 0.1) is 5.92 Å². The van der Waals surface area contributed by atoms with Crippen molar-refractivity contribution < 1.29 is 9.90 Å². The fraction of sp³-hybridized carbons (Fsp3) is 0.600. The topological polar surface area (TPSA) is 58.4 Å². The Morgan fingerprint density at radius 2 is 2.33 bits per heavy atom. The molecule has 0 aliphatic carbocycles. The summed E-state index contributed by atoms with van der Waals surface area (Å²) in [5.74, 6) is 0.269. The molecule has 0 fully saturated rings. The van der Waals surface area contributed by atoms with E-state index in [1.807, 2.05) is 17.8 Å². The molecule has 0 spiro atoms. The van der Waals surface area contributed by atoms with Crippen LogP contribution in [-0.2, 0) is 11.8 Å². The van der Waals surface area contributed by atoms with E-state index in [2.05, 4.69) is 18.8 Å². The van der Waals surface area contributed by atoms with Gasteiger partial charge in [0, 0.05) is 26.0 Å². The number of aromatic nitrogens is 2. The first-order valence-corrected chi connectivity index (χ1v) is 4.94. The van der Waals surface area contributed by atoms with Gasteiger partial charge in [0.05, 0.1) is 0 Å². The second-order valence-corrected chi connectivity index (χ2v) is 4.01. The van der Waals surface area contributed by atoms with Crippen LogP contribution < -0.4 is 4.90 Å². The third kappa shape index (κ3) is 3.27. The summed E-state index contributed by atoms with van der Waals surface area (Å²) in [4.78, 5) is 16.6. The van der Waals surface area contributed by atoms with E-state index in [9.17, 15) is 4.79 Å². The summed E-state index contributed by atoms with van der Waals surface area (Å²) >= 11 is 0. The van der Waals surface area contributed by atoms with Crippen molar-refractivity contribution in [3.05, 3.63) is 12.4 Å². The minimum absolute atomic E-state index is 0.0109. The predicted molar refractivity (Wildman–Crippen MR) is 57.9 cm³/mol. The van der Waals surface area contributed by atoms with Crippen molar-refractivity contribution in [3.8, 4) is 0 Å². The van der Waals surface area contributed by atoms with Crippen molar-refractivity contribution in [3.63, 3.8) is 0 Å². The van der Waals surface area contributed by atoms with Gasteiger partial charge in [0.15, 0.2) is 0 Å². The van der Waals surface area contributed by atoms with Crippen LogP contribution in [0.4, 0.5) is 5.95 Å². The SMILES string of the molecule is CC(C)CN(CC(=O)O)c1nccn1C. The first kappa shape index (κ1) is 11.6. The van der Waals surface area contributed by atoms with Gasteiger partial charge in [0.1, 0.15) is 6.54 Å². The van der Waals surface area contributed by atoms with E-state index in [0.29, 0.717) is 18.4 Å². The standard InChI is InChI=1S/C10H17N3O2/c1-8(2)6-13(7-9(14)15)10-11-4-5-12(10)3/h4-5,8H,6-7H2,1-3H3,(H,14,15). The summed E-state index contributed by atoms with van der Waals surface area (Å²) in [6.45, 7) is 4.79. The molecule has 0 atom stereocenters. The minimum atomic E-state index is -0.835. The second kappa shape index (κ2) is 4.82. The van der Waals surface area contributed by atoms with E-state index in [0.717, 1.165) is 0 Å². The summed E-state index contributed by atoms with van der Waals surface area (Å²) in [6.07, 6.45) is 3.48. The zero-order valence-electron chi connectivity index (χ0n) is 9.34. The van der Waals surface area contributed by atoms with E-state index in [4.69, 9.17) is 5.11 Å². The van der Waals surface area contributed by atoms with Gasteiger partial charge in [-0.05, 0) is 5.92 Å². The molecule has 84 valence electrons. The lowest BCUT2D eigenvalue weighted by molar-refractivity contribution is -0.135. The zero-order valence-corrected chi connectivity index (χ0v) is 9.34. The maximum Gasteiger partial charge on any atom is 0.323 e. The number of anilines is 1. The lowest BCUT2D eigenvalue weighted by Gasteiger charge is -2.23. The molecule has 1 rings (SSSR count). The number of rotatable bonds is 5. The van der Waals surface area contributed by atoms with Crippen molar-refractivity contribution >= 4 is 11.9 Å². The molecule has 5 nitrogen and oxygen atoms in total. The number of aryl methyl sites for hydroxylation is 1. The molecule has 1 aromatic rings. The van der Waals surface area contributed by atoms with Crippen LogP contribution in [0.3, 0.4) is 0 Å². The minimum Gasteiger partial charge on any atom is -0.480 e. The fourth-order valence-corrected chi connectivity index (χ4v) is 1.48. The van der Waals surface area contributed by atoms with E-state index < -0.39 is 5.97 Å². The van der Waals surface area contributed by atoms with Crippen LogP contribution in [0.2, 0.25) is 0 Å². The van der Waals surface area contributed by atoms with Gasteiger partial charge < -0.3 is 14.6 Å². The van der Waals surface area contributed by atoms with Crippen LogP contribution in [0.5, 0.6) is 0 Å². The second-order valence-electron chi connectivity index (χ2n) is 4.01. The lowest BCUT2D eigenvalue weighted by Crippen LogP contribution is -2.34. The third-order valence-electron chi connectivity index (χ3n) is 1.99. The Balaban J connectivity index is 2.81. The molecule has 0 amide bonds. The Kier molecular flexibility index (Phi) is 3.71. The van der Waals surface area contributed by atoms with Crippen molar-refractivity contribution in [1.29, 1.82) is 0 Å². The number of imidazole rings is 1. The molecule has 0 bridgehead atoms. The highest BCUT2D eigenvalue weighted by Gasteiger charge is 2.15. The van der Waals surface area contributed by atoms with Crippen molar-refractivity contribution in [2.45, 2.75) is 13.8 Å². The van der Waals surface area contributed by atoms with Gasteiger partial charge in [0.25, 0.3) is 0 Å². The fourth-order valence-electron chi connectivity index (χ4n) is 1.48. The molecule has 0 aliphatic rings. The Morgan fingerprint density at radius 1 is 1.67 bits per heavy atom. The highest BCUT2D eigenvalue weighted by atomic mass is 16.4. The number of nitrogens with zero attached hydrogens (tertiary/aromatic N) is 3. The van der Waals surface area contributed by atoms with Gasteiger partial charge >= 0.3 is 5.97 Å². The van der Waals surface area contributed by atoms with Gasteiger partial charge in [-0.25, -0.2) is 4.98 Å². The van der Waals surface area contributed by atoms with Gasteiger partial charge in [-0.2, -0.15) is 0 Å². The number of hydrogen-bond donors (Lipinski definition) is 1. The summed E-state index contributed by atoms with van der Waals surface area (Å²) in [7, 11) is 1.86. The molecule has 0 saturated heterocycles. The maximum absolute atomic E-state index is 10.7. The molecular formula is C10H17N3O2. The lowest BCUT2D eigenvalue weighted by atomic mass is 10.2. The summed E-state index contributed by atoms with van der Waals surface area (Å²) < 4.78 is 1.82. The summed E-state index contributed by atoms with van der Waals surface area (Å²) in [5.41, 5.74) is 0. The van der Waals surface area contributed by atoms with E-state index in [1.54, 1.807) is 11.1 Å². The Labute approximate surface area is 89.3 Å². The van der Waals surface area contributed by atoms with Crippen LogP contribution in [-0.4, -0.2) is 33.7 Å².